The first-order chi connectivity index (χ1) is 13.3. The SMILES string of the molecule is O=c1c(-c2cncnc2)ccc2n1C[C@H]1C[C@@H]2CN(Cc2ccccc2)C1. The van der Waals surface area contributed by atoms with Crippen molar-refractivity contribution in [3.8, 4) is 11.1 Å². The summed E-state index contributed by atoms with van der Waals surface area (Å²) in [5.41, 5.74) is 4.11. The molecule has 2 bridgehead atoms. The van der Waals surface area contributed by atoms with E-state index >= 15 is 0 Å². The third-order valence-corrected chi connectivity index (χ3v) is 5.80. The lowest BCUT2D eigenvalue weighted by Crippen LogP contribution is -2.46. The predicted molar refractivity (Wildman–Crippen MR) is 104 cm³/mol. The van der Waals surface area contributed by atoms with E-state index in [1.807, 2.05) is 10.6 Å². The second-order valence-corrected chi connectivity index (χ2v) is 7.69. The molecule has 27 heavy (non-hydrogen) atoms. The molecule has 2 atom stereocenters. The van der Waals surface area contributed by atoms with Crippen molar-refractivity contribution < 1.29 is 0 Å². The van der Waals surface area contributed by atoms with Crippen LogP contribution in [0.1, 0.15) is 23.6 Å². The van der Waals surface area contributed by atoms with Gasteiger partial charge in [0, 0.05) is 55.7 Å². The highest BCUT2D eigenvalue weighted by atomic mass is 16.1. The van der Waals surface area contributed by atoms with Crippen molar-refractivity contribution in [3.63, 3.8) is 0 Å². The zero-order valence-electron chi connectivity index (χ0n) is 15.2. The normalized spacial score (nSPS) is 21.6. The van der Waals surface area contributed by atoms with Crippen molar-refractivity contribution in [3.05, 3.63) is 82.8 Å². The summed E-state index contributed by atoms with van der Waals surface area (Å²) in [5, 5.41) is 0. The minimum Gasteiger partial charge on any atom is -0.311 e. The third kappa shape index (κ3) is 3.08. The summed E-state index contributed by atoms with van der Waals surface area (Å²) in [6, 6.07) is 14.7. The first-order valence-electron chi connectivity index (χ1n) is 9.53. The Morgan fingerprint density at radius 1 is 0.963 bits per heavy atom. The van der Waals surface area contributed by atoms with E-state index in [1.54, 1.807) is 12.4 Å². The van der Waals surface area contributed by atoms with E-state index < -0.39 is 0 Å². The van der Waals surface area contributed by atoms with E-state index in [0.29, 0.717) is 17.4 Å². The number of benzene rings is 1. The molecular formula is C22H22N4O. The van der Waals surface area contributed by atoms with Gasteiger partial charge >= 0.3 is 0 Å². The molecule has 0 aliphatic carbocycles. The quantitative estimate of drug-likeness (QED) is 0.722. The first kappa shape index (κ1) is 16.4. The first-order valence-corrected chi connectivity index (χ1v) is 9.53. The zero-order valence-corrected chi connectivity index (χ0v) is 15.2. The van der Waals surface area contributed by atoms with Crippen LogP contribution in [0, 0.1) is 5.92 Å². The van der Waals surface area contributed by atoms with Crippen LogP contribution < -0.4 is 5.56 Å². The second-order valence-electron chi connectivity index (χ2n) is 7.69. The maximum absolute atomic E-state index is 13.1. The van der Waals surface area contributed by atoms with Crippen LogP contribution in [0.4, 0.5) is 0 Å². The number of pyridine rings is 1. The monoisotopic (exact) mass is 358 g/mol. The predicted octanol–water partition coefficient (Wildman–Crippen LogP) is 2.92. The van der Waals surface area contributed by atoms with Gasteiger partial charge in [-0.05, 0) is 30.0 Å². The van der Waals surface area contributed by atoms with Gasteiger partial charge in [0.05, 0.1) is 5.56 Å². The average molecular weight is 358 g/mol. The van der Waals surface area contributed by atoms with Gasteiger partial charge in [-0.2, -0.15) is 0 Å². The number of nitrogens with zero attached hydrogens (tertiary/aromatic N) is 4. The number of hydrogen-bond donors (Lipinski definition) is 0. The summed E-state index contributed by atoms with van der Waals surface area (Å²) in [6.45, 7) is 3.85. The maximum atomic E-state index is 13.1. The molecule has 0 radical (unpaired) electrons. The number of rotatable bonds is 3. The summed E-state index contributed by atoms with van der Waals surface area (Å²) in [4.78, 5) is 23.8. The number of fused-ring (bicyclic) bond motifs is 4. The van der Waals surface area contributed by atoms with Crippen molar-refractivity contribution in [2.45, 2.75) is 25.4 Å². The van der Waals surface area contributed by atoms with Gasteiger partial charge in [-0.3, -0.25) is 9.69 Å². The highest BCUT2D eigenvalue weighted by molar-refractivity contribution is 5.60. The summed E-state index contributed by atoms with van der Waals surface area (Å²) in [7, 11) is 0. The summed E-state index contributed by atoms with van der Waals surface area (Å²) >= 11 is 0. The van der Waals surface area contributed by atoms with E-state index in [4.69, 9.17) is 0 Å². The lowest BCUT2D eigenvalue weighted by atomic mass is 9.82. The summed E-state index contributed by atoms with van der Waals surface area (Å²) in [5.74, 6) is 0.954. The molecule has 2 aromatic heterocycles. The Bertz CT molecular complexity index is 1000. The molecule has 0 amide bonds. The molecule has 5 rings (SSSR count). The van der Waals surface area contributed by atoms with Crippen LogP contribution in [0.25, 0.3) is 11.1 Å². The van der Waals surface area contributed by atoms with Crippen molar-refractivity contribution >= 4 is 0 Å². The van der Waals surface area contributed by atoms with Crippen molar-refractivity contribution in [1.82, 2.24) is 19.4 Å². The Kier molecular flexibility index (Phi) is 4.09. The molecule has 1 fully saturated rings. The molecule has 3 aromatic rings. The Labute approximate surface area is 158 Å². The highest BCUT2D eigenvalue weighted by Gasteiger charge is 2.34. The van der Waals surface area contributed by atoms with Gasteiger partial charge in [-0.15, -0.1) is 0 Å². The van der Waals surface area contributed by atoms with Gasteiger partial charge < -0.3 is 4.57 Å². The standard InChI is InChI=1S/C22H22N4O/c27-22-20(19-9-23-15-24-10-19)6-7-21-18-8-17(13-26(21)22)12-25(14-18)11-16-4-2-1-3-5-16/h1-7,9-10,15,17-18H,8,11-14H2/t17-,18+/m0/s1. The summed E-state index contributed by atoms with van der Waals surface area (Å²) in [6.07, 6.45) is 6.09. The van der Waals surface area contributed by atoms with Crippen LogP contribution in [0.15, 0.2) is 66.0 Å². The van der Waals surface area contributed by atoms with Crippen molar-refractivity contribution in [1.29, 1.82) is 0 Å². The van der Waals surface area contributed by atoms with E-state index in [0.717, 1.165) is 31.7 Å². The second kappa shape index (κ2) is 6.74. The van der Waals surface area contributed by atoms with Crippen molar-refractivity contribution in [2.24, 2.45) is 5.92 Å². The molecule has 1 saturated heterocycles. The number of hydrogen-bond acceptors (Lipinski definition) is 4. The molecule has 0 unspecified atom stereocenters. The largest absolute Gasteiger partial charge is 0.311 e. The minimum absolute atomic E-state index is 0.0912. The molecule has 136 valence electrons. The molecular weight excluding hydrogens is 336 g/mol. The van der Waals surface area contributed by atoms with Gasteiger partial charge in [0.2, 0.25) is 0 Å². The number of aromatic nitrogens is 3. The molecule has 5 nitrogen and oxygen atoms in total. The fourth-order valence-corrected chi connectivity index (χ4v) is 4.67. The Balaban J connectivity index is 1.44. The van der Waals surface area contributed by atoms with Gasteiger partial charge in [0.1, 0.15) is 6.33 Å². The molecule has 4 heterocycles. The summed E-state index contributed by atoms with van der Waals surface area (Å²) < 4.78 is 2.00. The van der Waals surface area contributed by atoms with E-state index in [2.05, 4.69) is 51.3 Å². The topological polar surface area (TPSA) is 51.0 Å². The minimum atomic E-state index is 0.0912. The highest BCUT2D eigenvalue weighted by Crippen LogP contribution is 2.36. The number of likely N-dealkylation sites (tertiary alicyclic amines) is 1. The smallest absolute Gasteiger partial charge is 0.258 e. The molecule has 0 saturated carbocycles. The van der Waals surface area contributed by atoms with Crippen molar-refractivity contribution in [2.75, 3.05) is 13.1 Å². The maximum Gasteiger partial charge on any atom is 0.258 e. The molecule has 1 aromatic carbocycles. The fraction of sp³-hybridized carbons (Fsp3) is 0.318. The fourth-order valence-electron chi connectivity index (χ4n) is 4.67. The molecule has 2 aliphatic heterocycles. The Morgan fingerprint density at radius 3 is 2.59 bits per heavy atom. The molecule has 2 aliphatic rings. The van der Waals surface area contributed by atoms with Gasteiger partial charge in [0.25, 0.3) is 5.56 Å². The Morgan fingerprint density at radius 2 is 1.78 bits per heavy atom. The van der Waals surface area contributed by atoms with Gasteiger partial charge in [-0.1, -0.05) is 30.3 Å². The third-order valence-electron chi connectivity index (χ3n) is 5.80. The lowest BCUT2D eigenvalue weighted by Gasteiger charge is -2.43. The van der Waals surface area contributed by atoms with E-state index in [-0.39, 0.29) is 5.56 Å². The zero-order chi connectivity index (χ0) is 18.2. The van der Waals surface area contributed by atoms with Gasteiger partial charge in [0.15, 0.2) is 0 Å². The Hall–Kier alpha value is -2.79. The molecule has 0 N–H and O–H groups in total. The van der Waals surface area contributed by atoms with Crippen LogP contribution in [-0.2, 0) is 13.1 Å². The van der Waals surface area contributed by atoms with E-state index in [1.165, 1.54) is 24.0 Å². The van der Waals surface area contributed by atoms with Crippen LogP contribution in [0.5, 0.6) is 0 Å². The number of piperidine rings is 1. The lowest BCUT2D eigenvalue weighted by molar-refractivity contribution is 0.114. The van der Waals surface area contributed by atoms with Crippen LogP contribution in [-0.4, -0.2) is 32.5 Å². The molecule has 5 heteroatoms. The van der Waals surface area contributed by atoms with Crippen LogP contribution in [0.2, 0.25) is 0 Å². The molecule has 0 spiro atoms. The van der Waals surface area contributed by atoms with Crippen LogP contribution >= 0.6 is 0 Å². The van der Waals surface area contributed by atoms with Gasteiger partial charge in [-0.25, -0.2) is 9.97 Å². The van der Waals surface area contributed by atoms with Crippen LogP contribution in [0.3, 0.4) is 0 Å². The van der Waals surface area contributed by atoms with E-state index in [9.17, 15) is 4.79 Å². The average Bonchev–Trinajstić information content (AvgIpc) is 2.70.